The number of methoxy groups -OCH3 is 1. The molecule has 0 unspecified atom stereocenters. The number of carbonyl (C=O) groups excluding carboxylic acids is 1. The number of thiophene rings is 1. The average molecular weight is 321 g/mol. The van der Waals surface area contributed by atoms with Crippen molar-refractivity contribution in [2.24, 2.45) is 0 Å². The molecule has 0 saturated heterocycles. The van der Waals surface area contributed by atoms with Gasteiger partial charge < -0.3 is 20.7 Å². The lowest BCUT2D eigenvalue weighted by Gasteiger charge is -2.11. The van der Waals surface area contributed by atoms with Crippen LogP contribution in [0.1, 0.15) is 9.67 Å². The molecule has 0 aliphatic carbocycles. The number of carbonyl (C=O) groups is 1. The molecular weight excluding hydrogens is 302 g/mol. The Morgan fingerprint density at radius 1 is 1.45 bits per heavy atom. The molecule has 1 aromatic heterocycles. The van der Waals surface area contributed by atoms with Gasteiger partial charge in [-0.25, -0.2) is 13.2 Å². The molecule has 20 heavy (non-hydrogen) atoms. The van der Waals surface area contributed by atoms with Gasteiger partial charge in [-0.2, -0.15) is 0 Å². The molecule has 0 radical (unpaired) electrons. The number of esters is 1. The lowest BCUT2D eigenvalue weighted by atomic mass is 10.4. The molecule has 0 spiro atoms. The number of nitrogen functional groups attached to an aromatic ring is 1. The van der Waals surface area contributed by atoms with Crippen LogP contribution in [-0.4, -0.2) is 59.8 Å². The summed E-state index contributed by atoms with van der Waals surface area (Å²) in [6, 6.07) is 0. The molecular formula is C11H19N3O4S2. The largest absolute Gasteiger partial charge is 0.465 e. The normalized spacial score (nSPS) is 11.7. The fourth-order valence-electron chi connectivity index (χ4n) is 1.55. The van der Waals surface area contributed by atoms with E-state index in [0.29, 0.717) is 18.1 Å². The summed E-state index contributed by atoms with van der Waals surface area (Å²) in [7, 11) is 1.50. The van der Waals surface area contributed by atoms with Gasteiger partial charge in [0.25, 0.3) is 0 Å². The van der Waals surface area contributed by atoms with E-state index in [1.54, 1.807) is 0 Å². The number of rotatable bonds is 6. The van der Waals surface area contributed by atoms with Gasteiger partial charge in [0.1, 0.15) is 14.8 Å². The highest BCUT2D eigenvalue weighted by molar-refractivity contribution is 7.91. The van der Waals surface area contributed by atoms with Crippen molar-refractivity contribution in [3.8, 4) is 0 Å². The molecule has 1 heterocycles. The number of hydrogen-bond acceptors (Lipinski definition) is 8. The van der Waals surface area contributed by atoms with E-state index >= 15 is 0 Å². The summed E-state index contributed by atoms with van der Waals surface area (Å²) >= 11 is 0.989. The highest BCUT2D eigenvalue weighted by atomic mass is 32.2. The zero-order chi connectivity index (χ0) is 15.5. The fourth-order valence-corrected chi connectivity index (χ4v) is 4.06. The Morgan fingerprint density at radius 3 is 2.50 bits per heavy atom. The van der Waals surface area contributed by atoms with Crippen LogP contribution >= 0.6 is 11.3 Å². The van der Waals surface area contributed by atoms with Crippen molar-refractivity contribution in [3.63, 3.8) is 0 Å². The first-order valence-electron chi connectivity index (χ1n) is 5.77. The van der Waals surface area contributed by atoms with Crippen LogP contribution in [0.3, 0.4) is 0 Å². The van der Waals surface area contributed by atoms with Crippen molar-refractivity contribution in [1.82, 2.24) is 4.90 Å². The van der Waals surface area contributed by atoms with E-state index in [0.717, 1.165) is 17.6 Å². The molecule has 7 nitrogen and oxygen atoms in total. The molecule has 0 amide bonds. The van der Waals surface area contributed by atoms with Crippen LogP contribution < -0.4 is 11.1 Å². The number of sulfone groups is 1. The molecule has 0 bridgehead atoms. The van der Waals surface area contributed by atoms with Crippen molar-refractivity contribution in [2.45, 2.75) is 4.90 Å². The molecule has 0 fully saturated rings. The predicted molar refractivity (Wildman–Crippen MR) is 80.2 cm³/mol. The quantitative estimate of drug-likeness (QED) is 0.735. The van der Waals surface area contributed by atoms with Crippen LogP contribution in [0, 0.1) is 0 Å². The summed E-state index contributed by atoms with van der Waals surface area (Å²) in [6.07, 6.45) is 1.06. The van der Waals surface area contributed by atoms with Crippen molar-refractivity contribution in [3.05, 3.63) is 4.88 Å². The van der Waals surface area contributed by atoms with Gasteiger partial charge in [0.15, 0.2) is 9.84 Å². The Bertz CT molecular complexity index is 593. The molecule has 1 rings (SSSR count). The summed E-state index contributed by atoms with van der Waals surface area (Å²) in [5.74, 6) is -0.641. The van der Waals surface area contributed by atoms with Gasteiger partial charge in [0, 0.05) is 19.3 Å². The second-order valence-corrected chi connectivity index (χ2v) is 7.47. The minimum absolute atomic E-state index is 0.0401. The first-order valence-corrected chi connectivity index (χ1v) is 8.48. The van der Waals surface area contributed by atoms with Crippen LogP contribution in [0.4, 0.5) is 10.7 Å². The summed E-state index contributed by atoms with van der Waals surface area (Å²) in [6.45, 7) is 1.25. The summed E-state index contributed by atoms with van der Waals surface area (Å²) in [4.78, 5) is 13.6. The van der Waals surface area contributed by atoms with Crippen molar-refractivity contribution < 1.29 is 17.9 Å². The van der Waals surface area contributed by atoms with E-state index in [1.807, 2.05) is 19.0 Å². The van der Waals surface area contributed by atoms with Gasteiger partial charge in [-0.05, 0) is 14.1 Å². The van der Waals surface area contributed by atoms with E-state index < -0.39 is 15.8 Å². The van der Waals surface area contributed by atoms with E-state index in [9.17, 15) is 13.2 Å². The predicted octanol–water partition coefficient (Wildman–Crippen LogP) is 0.494. The van der Waals surface area contributed by atoms with E-state index in [1.165, 1.54) is 7.11 Å². The topological polar surface area (TPSA) is 102 Å². The zero-order valence-corrected chi connectivity index (χ0v) is 13.5. The van der Waals surface area contributed by atoms with E-state index in [2.05, 4.69) is 10.1 Å². The molecule has 0 saturated carbocycles. The number of anilines is 2. The Labute approximate surface area is 122 Å². The maximum Gasteiger partial charge on any atom is 0.350 e. The average Bonchev–Trinajstić information content (AvgIpc) is 2.64. The summed E-state index contributed by atoms with van der Waals surface area (Å²) in [5.41, 5.74) is 5.72. The maximum absolute atomic E-state index is 11.8. The molecule has 3 N–H and O–H groups in total. The third kappa shape index (κ3) is 3.84. The van der Waals surface area contributed by atoms with Gasteiger partial charge >= 0.3 is 5.97 Å². The van der Waals surface area contributed by atoms with Crippen LogP contribution in [0.25, 0.3) is 0 Å². The lowest BCUT2D eigenvalue weighted by molar-refractivity contribution is 0.0607. The van der Waals surface area contributed by atoms with Crippen LogP contribution in [0.2, 0.25) is 0 Å². The SMILES string of the molecule is COC(=O)c1sc(NCCN(C)C)c(S(C)(=O)=O)c1N. The molecule has 0 aliphatic rings. The van der Waals surface area contributed by atoms with Crippen LogP contribution in [0.15, 0.2) is 4.90 Å². The monoisotopic (exact) mass is 321 g/mol. The molecule has 9 heteroatoms. The number of likely N-dealkylation sites (N-methyl/N-ethyl adjacent to an activating group) is 1. The van der Waals surface area contributed by atoms with E-state index in [-0.39, 0.29) is 15.5 Å². The third-order valence-corrected chi connectivity index (χ3v) is 4.92. The highest BCUT2D eigenvalue weighted by Gasteiger charge is 2.27. The Hall–Kier alpha value is -1.32. The first-order chi connectivity index (χ1) is 9.18. The number of nitrogens with one attached hydrogen (secondary N) is 1. The summed E-state index contributed by atoms with van der Waals surface area (Å²) < 4.78 is 28.2. The van der Waals surface area contributed by atoms with Crippen LogP contribution in [0.5, 0.6) is 0 Å². The Kier molecular flexibility index (Phi) is 5.37. The van der Waals surface area contributed by atoms with Gasteiger partial charge in [0.05, 0.1) is 12.8 Å². The van der Waals surface area contributed by atoms with Crippen molar-refractivity contribution >= 4 is 37.8 Å². The zero-order valence-electron chi connectivity index (χ0n) is 11.9. The number of hydrogen-bond donors (Lipinski definition) is 2. The maximum atomic E-state index is 11.8. The van der Waals surface area contributed by atoms with Crippen molar-refractivity contribution in [2.75, 3.05) is 51.6 Å². The van der Waals surface area contributed by atoms with E-state index in [4.69, 9.17) is 5.73 Å². The van der Waals surface area contributed by atoms with Crippen LogP contribution in [-0.2, 0) is 14.6 Å². The Balaban J connectivity index is 3.18. The number of ether oxygens (including phenoxy) is 1. The first kappa shape index (κ1) is 16.7. The minimum Gasteiger partial charge on any atom is -0.465 e. The van der Waals surface area contributed by atoms with Gasteiger partial charge in [-0.1, -0.05) is 0 Å². The Morgan fingerprint density at radius 2 is 2.05 bits per heavy atom. The standard InChI is InChI=1S/C11H19N3O4S2/c1-14(2)6-5-13-10-9(20(4,16)17)7(12)8(19-10)11(15)18-3/h13H,5-6,12H2,1-4H3. The number of nitrogens with two attached hydrogens (primary N) is 1. The van der Waals surface area contributed by atoms with Crippen molar-refractivity contribution in [1.29, 1.82) is 0 Å². The second kappa shape index (κ2) is 6.42. The number of nitrogens with zero attached hydrogens (tertiary/aromatic N) is 1. The molecule has 0 atom stereocenters. The minimum atomic E-state index is -3.53. The third-order valence-electron chi connectivity index (χ3n) is 2.49. The molecule has 114 valence electrons. The smallest absolute Gasteiger partial charge is 0.350 e. The lowest BCUT2D eigenvalue weighted by Crippen LogP contribution is -2.21. The molecule has 1 aromatic rings. The van der Waals surface area contributed by atoms with Gasteiger partial charge in [0.2, 0.25) is 0 Å². The van der Waals surface area contributed by atoms with Gasteiger partial charge in [-0.3, -0.25) is 0 Å². The fraction of sp³-hybridized carbons (Fsp3) is 0.545. The molecule has 0 aliphatic heterocycles. The van der Waals surface area contributed by atoms with Gasteiger partial charge in [-0.15, -0.1) is 11.3 Å². The second-order valence-electron chi connectivity index (χ2n) is 4.50. The summed E-state index contributed by atoms with van der Waals surface area (Å²) in [5, 5.41) is 3.37. The highest BCUT2D eigenvalue weighted by Crippen LogP contribution is 2.39. The molecule has 0 aromatic carbocycles.